The van der Waals surface area contributed by atoms with Crippen LogP contribution in [0.5, 0.6) is 0 Å². The van der Waals surface area contributed by atoms with Crippen molar-refractivity contribution in [1.82, 2.24) is 0 Å². The number of rotatable bonds is 3. The molecule has 92 valence electrons. The zero-order valence-electron chi connectivity index (χ0n) is 9.81. The SMILES string of the molecule is COC(=O)CC1COC(C2CCCCC2)O1. The maximum absolute atomic E-state index is 11.1. The molecule has 0 aromatic rings. The van der Waals surface area contributed by atoms with Crippen LogP contribution in [0.15, 0.2) is 0 Å². The van der Waals surface area contributed by atoms with Crippen LogP contribution < -0.4 is 0 Å². The van der Waals surface area contributed by atoms with Crippen LogP contribution >= 0.6 is 0 Å². The van der Waals surface area contributed by atoms with Crippen LogP contribution in [0, 0.1) is 5.92 Å². The quantitative estimate of drug-likeness (QED) is 0.692. The minimum atomic E-state index is -0.224. The molecule has 0 N–H and O–H groups in total. The summed E-state index contributed by atoms with van der Waals surface area (Å²) < 4.78 is 16.0. The maximum atomic E-state index is 11.1. The molecule has 2 atom stereocenters. The molecular formula is C12H20O4. The van der Waals surface area contributed by atoms with E-state index in [1.165, 1.54) is 39.2 Å². The monoisotopic (exact) mass is 228 g/mol. The lowest BCUT2D eigenvalue weighted by Crippen LogP contribution is -2.25. The Balaban J connectivity index is 1.76. The predicted octanol–water partition coefficient (Wildman–Crippen LogP) is 1.87. The van der Waals surface area contributed by atoms with E-state index in [1.54, 1.807) is 0 Å². The van der Waals surface area contributed by atoms with Gasteiger partial charge in [0.1, 0.15) is 0 Å². The van der Waals surface area contributed by atoms with Gasteiger partial charge in [-0.1, -0.05) is 19.3 Å². The van der Waals surface area contributed by atoms with Crippen molar-refractivity contribution in [3.63, 3.8) is 0 Å². The predicted molar refractivity (Wildman–Crippen MR) is 57.8 cm³/mol. The number of carbonyl (C=O) groups is 1. The van der Waals surface area contributed by atoms with E-state index in [4.69, 9.17) is 9.47 Å². The first-order chi connectivity index (χ1) is 7.79. The number of ether oxygens (including phenoxy) is 3. The van der Waals surface area contributed by atoms with Gasteiger partial charge in [0.25, 0.3) is 0 Å². The summed E-state index contributed by atoms with van der Waals surface area (Å²) in [6, 6.07) is 0. The van der Waals surface area contributed by atoms with E-state index in [1.807, 2.05) is 0 Å². The molecular weight excluding hydrogens is 208 g/mol. The highest BCUT2D eigenvalue weighted by molar-refractivity contribution is 5.69. The first-order valence-corrected chi connectivity index (χ1v) is 6.13. The van der Waals surface area contributed by atoms with Crippen molar-refractivity contribution in [2.75, 3.05) is 13.7 Å². The van der Waals surface area contributed by atoms with Crippen molar-refractivity contribution in [3.8, 4) is 0 Å². The van der Waals surface area contributed by atoms with E-state index < -0.39 is 0 Å². The molecule has 0 aromatic heterocycles. The molecule has 0 radical (unpaired) electrons. The van der Waals surface area contributed by atoms with Crippen LogP contribution in [0.25, 0.3) is 0 Å². The molecule has 2 unspecified atom stereocenters. The van der Waals surface area contributed by atoms with Gasteiger partial charge in [-0.25, -0.2) is 0 Å². The largest absolute Gasteiger partial charge is 0.469 e. The molecule has 0 bridgehead atoms. The Morgan fingerprint density at radius 1 is 1.31 bits per heavy atom. The Morgan fingerprint density at radius 2 is 2.06 bits per heavy atom. The fourth-order valence-corrected chi connectivity index (χ4v) is 2.50. The van der Waals surface area contributed by atoms with E-state index in [0.717, 1.165) is 0 Å². The summed E-state index contributed by atoms with van der Waals surface area (Å²) in [4.78, 5) is 11.1. The maximum Gasteiger partial charge on any atom is 0.308 e. The average molecular weight is 228 g/mol. The summed E-state index contributed by atoms with van der Waals surface area (Å²) in [6.07, 6.45) is 6.36. The molecule has 1 saturated heterocycles. The summed E-state index contributed by atoms with van der Waals surface area (Å²) in [5.41, 5.74) is 0. The van der Waals surface area contributed by atoms with Gasteiger partial charge in [-0.3, -0.25) is 4.79 Å². The summed E-state index contributed by atoms with van der Waals surface area (Å²) in [7, 11) is 1.40. The number of methoxy groups -OCH3 is 1. The first kappa shape index (κ1) is 11.9. The summed E-state index contributed by atoms with van der Waals surface area (Å²) >= 11 is 0. The normalized spacial score (nSPS) is 31.6. The van der Waals surface area contributed by atoms with Gasteiger partial charge in [0, 0.05) is 5.92 Å². The molecule has 2 aliphatic rings. The molecule has 2 fully saturated rings. The van der Waals surface area contributed by atoms with Crippen molar-refractivity contribution in [2.24, 2.45) is 5.92 Å². The topological polar surface area (TPSA) is 44.8 Å². The third-order valence-corrected chi connectivity index (χ3v) is 3.43. The number of esters is 1. The zero-order valence-corrected chi connectivity index (χ0v) is 9.81. The minimum absolute atomic E-state index is 0.0880. The highest BCUT2D eigenvalue weighted by Gasteiger charge is 2.34. The van der Waals surface area contributed by atoms with Crippen LogP contribution in [-0.4, -0.2) is 32.1 Å². The van der Waals surface area contributed by atoms with E-state index in [-0.39, 0.29) is 18.4 Å². The highest BCUT2D eigenvalue weighted by Crippen LogP contribution is 2.32. The molecule has 16 heavy (non-hydrogen) atoms. The molecule has 4 nitrogen and oxygen atoms in total. The smallest absolute Gasteiger partial charge is 0.308 e. The second-order valence-electron chi connectivity index (χ2n) is 4.64. The summed E-state index contributed by atoms with van der Waals surface area (Å²) in [6.45, 7) is 0.524. The van der Waals surface area contributed by atoms with Crippen LogP contribution in [0.4, 0.5) is 0 Å². The van der Waals surface area contributed by atoms with E-state index in [9.17, 15) is 4.79 Å². The second-order valence-corrected chi connectivity index (χ2v) is 4.64. The van der Waals surface area contributed by atoms with Gasteiger partial charge in [-0.2, -0.15) is 0 Å². The fraction of sp³-hybridized carbons (Fsp3) is 0.917. The van der Waals surface area contributed by atoms with Gasteiger partial charge in [-0.15, -0.1) is 0 Å². The summed E-state index contributed by atoms with van der Waals surface area (Å²) in [5, 5.41) is 0. The molecule has 1 heterocycles. The molecule has 4 heteroatoms. The van der Waals surface area contributed by atoms with Crippen molar-refractivity contribution >= 4 is 5.97 Å². The molecule has 1 aliphatic carbocycles. The Labute approximate surface area is 96.2 Å². The number of hydrogen-bond donors (Lipinski definition) is 0. The van der Waals surface area contributed by atoms with E-state index >= 15 is 0 Å². The van der Waals surface area contributed by atoms with Gasteiger partial charge >= 0.3 is 5.97 Å². The lowest BCUT2D eigenvalue weighted by atomic mass is 9.89. The van der Waals surface area contributed by atoms with Crippen LogP contribution in [0.3, 0.4) is 0 Å². The van der Waals surface area contributed by atoms with Gasteiger partial charge in [0.2, 0.25) is 0 Å². The Morgan fingerprint density at radius 3 is 2.75 bits per heavy atom. The van der Waals surface area contributed by atoms with E-state index in [2.05, 4.69) is 4.74 Å². The molecule has 0 aromatic carbocycles. The Hall–Kier alpha value is -0.610. The standard InChI is InChI=1S/C12H20O4/c1-14-11(13)7-10-8-15-12(16-10)9-5-3-2-4-6-9/h9-10,12H,2-8H2,1H3. The summed E-state index contributed by atoms with van der Waals surface area (Å²) in [5.74, 6) is 0.300. The number of carbonyl (C=O) groups excluding carboxylic acids is 1. The van der Waals surface area contributed by atoms with E-state index in [0.29, 0.717) is 18.9 Å². The molecule has 1 aliphatic heterocycles. The fourth-order valence-electron chi connectivity index (χ4n) is 2.50. The van der Waals surface area contributed by atoms with Gasteiger partial charge in [0.05, 0.1) is 26.2 Å². The molecule has 0 spiro atoms. The first-order valence-electron chi connectivity index (χ1n) is 6.13. The lowest BCUT2D eigenvalue weighted by Gasteiger charge is -2.26. The van der Waals surface area contributed by atoms with Crippen molar-refractivity contribution in [2.45, 2.75) is 50.9 Å². The Kier molecular flexibility index (Phi) is 4.18. The van der Waals surface area contributed by atoms with Gasteiger partial charge < -0.3 is 14.2 Å². The third kappa shape index (κ3) is 2.95. The van der Waals surface area contributed by atoms with Crippen LogP contribution in [-0.2, 0) is 19.0 Å². The molecule has 0 amide bonds. The zero-order chi connectivity index (χ0) is 11.4. The second kappa shape index (κ2) is 5.64. The highest BCUT2D eigenvalue weighted by atomic mass is 16.7. The van der Waals surface area contributed by atoms with Crippen molar-refractivity contribution in [1.29, 1.82) is 0 Å². The number of hydrogen-bond acceptors (Lipinski definition) is 4. The van der Waals surface area contributed by atoms with Gasteiger partial charge in [0.15, 0.2) is 6.29 Å². The van der Waals surface area contributed by atoms with Crippen LogP contribution in [0.2, 0.25) is 0 Å². The van der Waals surface area contributed by atoms with Gasteiger partial charge in [-0.05, 0) is 12.8 Å². The van der Waals surface area contributed by atoms with Crippen LogP contribution in [0.1, 0.15) is 38.5 Å². The lowest BCUT2D eigenvalue weighted by molar-refractivity contribution is -0.145. The Bertz CT molecular complexity index is 235. The van der Waals surface area contributed by atoms with Crippen molar-refractivity contribution < 1.29 is 19.0 Å². The molecule has 2 rings (SSSR count). The molecule has 1 saturated carbocycles. The third-order valence-electron chi connectivity index (χ3n) is 3.43. The average Bonchev–Trinajstić information content (AvgIpc) is 2.78. The van der Waals surface area contributed by atoms with Crippen molar-refractivity contribution in [3.05, 3.63) is 0 Å². The minimum Gasteiger partial charge on any atom is -0.469 e.